The highest BCUT2D eigenvalue weighted by molar-refractivity contribution is 6.30. The summed E-state index contributed by atoms with van der Waals surface area (Å²) < 4.78 is 32.4. The van der Waals surface area contributed by atoms with Gasteiger partial charge in [-0.2, -0.15) is 0 Å². The van der Waals surface area contributed by atoms with Crippen LogP contribution in [0.5, 0.6) is 5.88 Å². The molecule has 1 aliphatic rings. The molecule has 0 radical (unpaired) electrons. The van der Waals surface area contributed by atoms with Crippen LogP contribution in [-0.4, -0.2) is 23.0 Å². The first-order valence-corrected chi connectivity index (χ1v) is 8.43. The Kier molecular flexibility index (Phi) is 5.48. The molecular formula is C18H17ClF2N2O2. The molecule has 1 heterocycles. The van der Waals surface area contributed by atoms with Crippen LogP contribution >= 0.6 is 11.6 Å². The summed E-state index contributed by atoms with van der Waals surface area (Å²) in [6.45, 7) is 0. The van der Waals surface area contributed by atoms with Gasteiger partial charge in [-0.1, -0.05) is 11.6 Å². The van der Waals surface area contributed by atoms with Gasteiger partial charge in [0.1, 0.15) is 17.7 Å². The molecule has 132 valence electrons. The van der Waals surface area contributed by atoms with Crippen molar-refractivity contribution in [3.05, 3.63) is 58.7 Å². The molecule has 1 N–H and O–H groups in total. The first-order chi connectivity index (χ1) is 12.0. The Bertz CT molecular complexity index is 747. The Morgan fingerprint density at radius 1 is 1.16 bits per heavy atom. The van der Waals surface area contributed by atoms with Crippen LogP contribution in [0, 0.1) is 11.6 Å². The van der Waals surface area contributed by atoms with E-state index >= 15 is 0 Å². The number of halogens is 3. The number of amides is 1. The lowest BCUT2D eigenvalue weighted by Gasteiger charge is -2.29. The van der Waals surface area contributed by atoms with E-state index in [1.807, 2.05) is 0 Å². The van der Waals surface area contributed by atoms with Crippen LogP contribution in [0.4, 0.5) is 8.78 Å². The average molecular weight is 367 g/mol. The van der Waals surface area contributed by atoms with Crippen molar-refractivity contribution in [2.45, 2.75) is 37.8 Å². The van der Waals surface area contributed by atoms with Gasteiger partial charge < -0.3 is 10.1 Å². The van der Waals surface area contributed by atoms with Gasteiger partial charge in [-0.25, -0.2) is 13.8 Å². The summed E-state index contributed by atoms with van der Waals surface area (Å²) in [7, 11) is 0. The number of benzene rings is 1. The van der Waals surface area contributed by atoms with Crippen molar-refractivity contribution in [3.8, 4) is 5.88 Å². The smallest absolute Gasteiger partial charge is 0.254 e. The fourth-order valence-corrected chi connectivity index (χ4v) is 2.98. The maximum atomic E-state index is 13.7. The largest absolute Gasteiger partial charge is 0.474 e. The molecule has 1 aliphatic carbocycles. The van der Waals surface area contributed by atoms with E-state index < -0.39 is 17.5 Å². The zero-order chi connectivity index (χ0) is 17.8. The van der Waals surface area contributed by atoms with Gasteiger partial charge >= 0.3 is 0 Å². The minimum absolute atomic E-state index is 0.0179. The highest BCUT2D eigenvalue weighted by atomic mass is 35.5. The summed E-state index contributed by atoms with van der Waals surface area (Å²) in [6.07, 6.45) is 4.48. The van der Waals surface area contributed by atoms with Gasteiger partial charge in [-0.3, -0.25) is 4.79 Å². The van der Waals surface area contributed by atoms with E-state index in [1.54, 1.807) is 12.1 Å². The molecule has 7 heteroatoms. The summed E-state index contributed by atoms with van der Waals surface area (Å²) in [6, 6.07) is 6.30. The number of nitrogens with zero attached hydrogens (tertiary/aromatic N) is 1. The van der Waals surface area contributed by atoms with E-state index in [9.17, 15) is 13.6 Å². The van der Waals surface area contributed by atoms with Crippen molar-refractivity contribution >= 4 is 17.5 Å². The molecule has 0 spiro atoms. The van der Waals surface area contributed by atoms with Gasteiger partial charge in [0.15, 0.2) is 0 Å². The van der Waals surface area contributed by atoms with Crippen molar-refractivity contribution in [2.75, 3.05) is 0 Å². The van der Waals surface area contributed by atoms with Crippen molar-refractivity contribution in [1.29, 1.82) is 0 Å². The summed E-state index contributed by atoms with van der Waals surface area (Å²) in [4.78, 5) is 16.2. The molecule has 0 aliphatic heterocycles. The molecule has 2 aromatic rings. The number of rotatable bonds is 4. The Labute approximate surface area is 149 Å². The first kappa shape index (κ1) is 17.6. The third-order valence-electron chi connectivity index (χ3n) is 4.17. The maximum absolute atomic E-state index is 13.7. The highest BCUT2D eigenvalue weighted by Gasteiger charge is 2.25. The van der Waals surface area contributed by atoms with Crippen molar-refractivity contribution in [2.24, 2.45) is 0 Å². The second-order valence-corrected chi connectivity index (χ2v) is 6.44. The monoisotopic (exact) mass is 366 g/mol. The number of carbonyl (C=O) groups excluding carboxylic acids is 1. The average Bonchev–Trinajstić information content (AvgIpc) is 2.58. The number of aromatic nitrogens is 1. The van der Waals surface area contributed by atoms with Crippen LogP contribution in [0.1, 0.15) is 36.0 Å². The van der Waals surface area contributed by atoms with E-state index in [-0.39, 0.29) is 17.7 Å². The number of hydrogen-bond donors (Lipinski definition) is 1. The molecule has 25 heavy (non-hydrogen) atoms. The van der Waals surface area contributed by atoms with Crippen molar-refractivity contribution < 1.29 is 18.3 Å². The van der Waals surface area contributed by atoms with Gasteiger partial charge in [-0.15, -0.1) is 0 Å². The lowest BCUT2D eigenvalue weighted by molar-refractivity contribution is 0.0886. The third kappa shape index (κ3) is 4.66. The Hall–Kier alpha value is -2.21. The number of nitrogens with one attached hydrogen (secondary N) is 1. The van der Waals surface area contributed by atoms with Gasteiger partial charge in [0.05, 0.1) is 10.6 Å². The SMILES string of the molecule is O=C(NC1CCC(Oc2ccc(Cl)cn2)CC1)c1ccc(F)cc1F. The molecular weight excluding hydrogens is 350 g/mol. The number of carbonyl (C=O) groups is 1. The fourth-order valence-electron chi connectivity index (χ4n) is 2.86. The van der Waals surface area contributed by atoms with Gasteiger partial charge in [-0.05, 0) is 43.9 Å². The van der Waals surface area contributed by atoms with E-state index in [1.165, 1.54) is 6.20 Å². The molecule has 1 saturated carbocycles. The molecule has 3 rings (SSSR count). The van der Waals surface area contributed by atoms with Crippen LogP contribution in [0.2, 0.25) is 5.02 Å². The zero-order valence-corrected chi connectivity index (χ0v) is 14.1. The topological polar surface area (TPSA) is 51.2 Å². The van der Waals surface area contributed by atoms with Crippen molar-refractivity contribution in [3.63, 3.8) is 0 Å². The molecule has 1 aromatic carbocycles. The summed E-state index contributed by atoms with van der Waals surface area (Å²) in [5, 5.41) is 3.35. The number of ether oxygens (including phenoxy) is 1. The third-order valence-corrected chi connectivity index (χ3v) is 4.40. The first-order valence-electron chi connectivity index (χ1n) is 8.05. The van der Waals surface area contributed by atoms with Crippen LogP contribution in [0.25, 0.3) is 0 Å². The quantitative estimate of drug-likeness (QED) is 0.885. The molecule has 4 nitrogen and oxygen atoms in total. The summed E-state index contributed by atoms with van der Waals surface area (Å²) in [5.41, 5.74) is -0.148. The maximum Gasteiger partial charge on any atom is 0.254 e. The molecule has 1 fully saturated rings. The number of pyridine rings is 1. The van der Waals surface area contributed by atoms with Gasteiger partial charge in [0.25, 0.3) is 5.91 Å². The van der Waals surface area contributed by atoms with E-state index in [0.717, 1.165) is 25.0 Å². The zero-order valence-electron chi connectivity index (χ0n) is 13.3. The number of hydrogen-bond acceptors (Lipinski definition) is 3. The lowest BCUT2D eigenvalue weighted by atomic mass is 9.92. The molecule has 0 unspecified atom stereocenters. The van der Waals surface area contributed by atoms with E-state index in [4.69, 9.17) is 16.3 Å². The molecule has 0 bridgehead atoms. The Balaban J connectivity index is 1.50. The Morgan fingerprint density at radius 3 is 2.56 bits per heavy atom. The normalized spacial score (nSPS) is 20.1. The van der Waals surface area contributed by atoms with E-state index in [0.29, 0.717) is 29.8 Å². The standard InChI is InChI=1S/C18H17ClF2N2O2/c19-11-1-8-17(22-10-11)25-14-5-3-13(4-6-14)23-18(24)15-7-2-12(20)9-16(15)21/h1-2,7-10,13-14H,3-6H2,(H,23,24). The predicted octanol–water partition coefficient (Wildman–Crippen LogP) is 4.13. The molecule has 1 amide bonds. The lowest BCUT2D eigenvalue weighted by Crippen LogP contribution is -2.40. The van der Waals surface area contributed by atoms with Gasteiger partial charge in [0.2, 0.25) is 5.88 Å². The molecule has 0 atom stereocenters. The van der Waals surface area contributed by atoms with Crippen LogP contribution in [0.15, 0.2) is 36.5 Å². The molecule has 0 saturated heterocycles. The van der Waals surface area contributed by atoms with Crippen molar-refractivity contribution in [1.82, 2.24) is 10.3 Å². The van der Waals surface area contributed by atoms with Crippen LogP contribution in [0.3, 0.4) is 0 Å². The predicted molar refractivity (Wildman–Crippen MR) is 89.7 cm³/mol. The Morgan fingerprint density at radius 2 is 1.92 bits per heavy atom. The van der Waals surface area contributed by atoms with Gasteiger partial charge in [0, 0.05) is 24.4 Å². The minimum Gasteiger partial charge on any atom is -0.474 e. The van der Waals surface area contributed by atoms with Crippen LogP contribution in [-0.2, 0) is 0 Å². The highest BCUT2D eigenvalue weighted by Crippen LogP contribution is 2.24. The minimum atomic E-state index is -0.858. The van der Waals surface area contributed by atoms with E-state index in [2.05, 4.69) is 10.3 Å². The second kappa shape index (κ2) is 7.78. The second-order valence-electron chi connectivity index (χ2n) is 6.00. The fraction of sp³-hybridized carbons (Fsp3) is 0.333. The molecule has 1 aromatic heterocycles. The van der Waals surface area contributed by atoms with Crippen LogP contribution < -0.4 is 10.1 Å². The summed E-state index contributed by atoms with van der Waals surface area (Å²) in [5.74, 6) is -1.57. The summed E-state index contributed by atoms with van der Waals surface area (Å²) >= 11 is 5.79.